The van der Waals surface area contributed by atoms with Crippen molar-refractivity contribution in [2.75, 3.05) is 7.05 Å². The maximum absolute atomic E-state index is 12.7. The first kappa shape index (κ1) is 14.6. The van der Waals surface area contributed by atoms with Crippen LogP contribution in [0.5, 0.6) is 0 Å². The molecule has 0 aliphatic rings. The lowest BCUT2D eigenvalue weighted by Gasteiger charge is -2.19. The molecule has 0 amide bonds. The number of aromatic nitrogens is 2. The molecule has 1 atom stereocenters. The average Bonchev–Trinajstić information content (AvgIpc) is 2.77. The Labute approximate surface area is 115 Å². The Balaban J connectivity index is 2.44. The van der Waals surface area contributed by atoms with Gasteiger partial charge in [-0.2, -0.15) is 13.2 Å². The summed E-state index contributed by atoms with van der Waals surface area (Å²) in [5.74, 6) is 0.760. The van der Waals surface area contributed by atoms with Gasteiger partial charge in [-0.1, -0.05) is 6.07 Å². The van der Waals surface area contributed by atoms with E-state index in [1.165, 1.54) is 12.1 Å². The van der Waals surface area contributed by atoms with E-state index < -0.39 is 11.7 Å². The summed E-state index contributed by atoms with van der Waals surface area (Å²) in [5, 5.41) is 3.10. The number of hydrogen-bond donors (Lipinski definition) is 1. The molecular formula is C14H16F3N3. The van der Waals surface area contributed by atoms with Crippen LogP contribution < -0.4 is 5.32 Å². The van der Waals surface area contributed by atoms with Gasteiger partial charge in [0.05, 0.1) is 11.6 Å². The van der Waals surface area contributed by atoms with Crippen LogP contribution in [0.4, 0.5) is 13.2 Å². The van der Waals surface area contributed by atoms with Crippen LogP contribution in [0.2, 0.25) is 0 Å². The molecule has 0 aliphatic heterocycles. The lowest BCUT2D eigenvalue weighted by molar-refractivity contribution is -0.137. The van der Waals surface area contributed by atoms with Gasteiger partial charge >= 0.3 is 6.18 Å². The smallest absolute Gasteiger partial charge is 0.336 e. The van der Waals surface area contributed by atoms with Crippen LogP contribution in [-0.4, -0.2) is 16.6 Å². The molecule has 1 aromatic heterocycles. The molecule has 1 N–H and O–H groups in total. The average molecular weight is 283 g/mol. The van der Waals surface area contributed by atoms with Crippen LogP contribution >= 0.6 is 0 Å². The first-order chi connectivity index (χ1) is 9.34. The van der Waals surface area contributed by atoms with Gasteiger partial charge in [-0.3, -0.25) is 0 Å². The molecule has 1 heterocycles. The maximum Gasteiger partial charge on any atom is 0.416 e. The largest absolute Gasteiger partial charge is 0.416 e. The van der Waals surface area contributed by atoms with Crippen molar-refractivity contribution >= 4 is 0 Å². The molecule has 0 bridgehead atoms. The van der Waals surface area contributed by atoms with Crippen LogP contribution in [0.15, 0.2) is 30.6 Å². The Morgan fingerprint density at radius 3 is 2.45 bits per heavy atom. The third kappa shape index (κ3) is 2.70. The number of alkyl halides is 3. The Morgan fingerprint density at radius 1 is 1.30 bits per heavy atom. The van der Waals surface area contributed by atoms with Gasteiger partial charge in [-0.05, 0) is 37.2 Å². The topological polar surface area (TPSA) is 29.9 Å². The minimum Gasteiger partial charge on any atom is -0.336 e. The summed E-state index contributed by atoms with van der Waals surface area (Å²) in [4.78, 5) is 4.25. The predicted octanol–water partition coefficient (Wildman–Crippen LogP) is 3.06. The highest BCUT2D eigenvalue weighted by molar-refractivity contribution is 5.37. The van der Waals surface area contributed by atoms with Gasteiger partial charge in [0.15, 0.2) is 0 Å². The van der Waals surface area contributed by atoms with E-state index in [4.69, 9.17) is 0 Å². The fourth-order valence-electron chi connectivity index (χ4n) is 2.25. The number of halogens is 3. The summed E-state index contributed by atoms with van der Waals surface area (Å²) < 4.78 is 39.9. The van der Waals surface area contributed by atoms with E-state index in [2.05, 4.69) is 10.3 Å². The van der Waals surface area contributed by atoms with Crippen LogP contribution in [-0.2, 0) is 13.2 Å². The normalized spacial score (nSPS) is 13.5. The number of aryl methyl sites for hydroxylation is 2. The Bertz CT molecular complexity index is 602. The lowest BCUT2D eigenvalue weighted by Crippen LogP contribution is -2.22. The van der Waals surface area contributed by atoms with Gasteiger partial charge < -0.3 is 9.88 Å². The van der Waals surface area contributed by atoms with E-state index in [0.717, 1.165) is 17.5 Å². The summed E-state index contributed by atoms with van der Waals surface area (Å²) in [5.41, 5.74) is 0.741. The summed E-state index contributed by atoms with van der Waals surface area (Å²) in [6.07, 6.45) is -0.847. The Morgan fingerprint density at radius 2 is 2.00 bits per heavy atom. The molecular weight excluding hydrogens is 267 g/mol. The molecule has 6 heteroatoms. The second-order valence-corrected chi connectivity index (χ2v) is 4.69. The maximum atomic E-state index is 12.7. The molecule has 0 fully saturated rings. The monoisotopic (exact) mass is 283 g/mol. The second-order valence-electron chi connectivity index (χ2n) is 4.69. The van der Waals surface area contributed by atoms with Crippen molar-refractivity contribution in [3.63, 3.8) is 0 Å². The fourth-order valence-corrected chi connectivity index (χ4v) is 2.25. The van der Waals surface area contributed by atoms with Gasteiger partial charge in [-0.15, -0.1) is 0 Å². The molecule has 108 valence electrons. The van der Waals surface area contributed by atoms with Crippen molar-refractivity contribution < 1.29 is 13.2 Å². The van der Waals surface area contributed by atoms with E-state index >= 15 is 0 Å². The van der Waals surface area contributed by atoms with E-state index in [0.29, 0.717) is 5.56 Å². The van der Waals surface area contributed by atoms with E-state index in [1.807, 2.05) is 11.6 Å². The van der Waals surface area contributed by atoms with Crippen LogP contribution in [0.25, 0.3) is 0 Å². The highest BCUT2D eigenvalue weighted by Crippen LogP contribution is 2.32. The molecule has 20 heavy (non-hydrogen) atoms. The number of hydrogen-bond acceptors (Lipinski definition) is 2. The van der Waals surface area contributed by atoms with Crippen molar-refractivity contribution in [2.24, 2.45) is 7.05 Å². The molecule has 1 aromatic carbocycles. The molecule has 1 unspecified atom stereocenters. The molecule has 0 spiro atoms. The van der Waals surface area contributed by atoms with E-state index in [9.17, 15) is 13.2 Å². The van der Waals surface area contributed by atoms with Crippen molar-refractivity contribution in [2.45, 2.75) is 19.1 Å². The van der Waals surface area contributed by atoms with Gasteiger partial charge in [0.1, 0.15) is 5.82 Å². The van der Waals surface area contributed by atoms with Crippen molar-refractivity contribution in [3.05, 3.63) is 53.1 Å². The lowest BCUT2D eigenvalue weighted by atomic mass is 9.98. The molecule has 2 aromatic rings. The van der Waals surface area contributed by atoms with Gasteiger partial charge in [0, 0.05) is 19.4 Å². The summed E-state index contributed by atoms with van der Waals surface area (Å²) in [7, 11) is 3.61. The molecule has 0 saturated carbocycles. The second kappa shape index (κ2) is 5.28. The molecule has 2 rings (SSSR count). The number of benzene rings is 1. The zero-order valence-corrected chi connectivity index (χ0v) is 11.5. The SMILES string of the molecule is CNC(c1ccc(C(F)(F)F)cc1C)c1nccn1C. The van der Waals surface area contributed by atoms with E-state index in [1.54, 1.807) is 26.4 Å². The summed E-state index contributed by atoms with van der Waals surface area (Å²) in [6, 6.07) is 3.55. The fraction of sp³-hybridized carbons (Fsp3) is 0.357. The first-order valence-corrected chi connectivity index (χ1v) is 6.17. The molecule has 0 saturated heterocycles. The standard InChI is InChI=1S/C14H16F3N3/c1-9-8-10(14(15,16)17)4-5-11(9)12(18-2)13-19-6-7-20(13)3/h4-8,12,18H,1-3H3. The molecule has 0 radical (unpaired) electrons. The zero-order valence-electron chi connectivity index (χ0n) is 11.5. The number of rotatable bonds is 3. The van der Waals surface area contributed by atoms with Crippen LogP contribution in [0, 0.1) is 6.92 Å². The summed E-state index contributed by atoms with van der Waals surface area (Å²) >= 11 is 0. The third-order valence-corrected chi connectivity index (χ3v) is 3.31. The number of nitrogens with one attached hydrogen (secondary N) is 1. The Kier molecular flexibility index (Phi) is 3.85. The number of imidazole rings is 1. The number of nitrogens with zero attached hydrogens (tertiary/aromatic N) is 2. The van der Waals surface area contributed by atoms with Gasteiger partial charge in [-0.25, -0.2) is 4.98 Å². The van der Waals surface area contributed by atoms with Crippen LogP contribution in [0.3, 0.4) is 0 Å². The predicted molar refractivity (Wildman–Crippen MR) is 70.3 cm³/mol. The zero-order chi connectivity index (χ0) is 14.9. The van der Waals surface area contributed by atoms with Crippen LogP contribution in [0.1, 0.15) is 28.6 Å². The van der Waals surface area contributed by atoms with Crippen molar-refractivity contribution in [1.82, 2.24) is 14.9 Å². The van der Waals surface area contributed by atoms with Gasteiger partial charge in [0.25, 0.3) is 0 Å². The minimum atomic E-state index is -4.32. The molecule has 0 aliphatic carbocycles. The van der Waals surface area contributed by atoms with Gasteiger partial charge in [0.2, 0.25) is 0 Å². The third-order valence-electron chi connectivity index (χ3n) is 3.31. The van der Waals surface area contributed by atoms with Crippen molar-refractivity contribution in [1.29, 1.82) is 0 Å². The highest BCUT2D eigenvalue weighted by atomic mass is 19.4. The minimum absolute atomic E-state index is 0.239. The summed E-state index contributed by atoms with van der Waals surface area (Å²) in [6.45, 7) is 1.68. The van der Waals surface area contributed by atoms with E-state index in [-0.39, 0.29) is 6.04 Å². The Hall–Kier alpha value is -1.82. The quantitative estimate of drug-likeness (QED) is 0.938. The molecule has 3 nitrogen and oxygen atoms in total. The first-order valence-electron chi connectivity index (χ1n) is 6.17. The highest BCUT2D eigenvalue weighted by Gasteiger charge is 2.31. The van der Waals surface area contributed by atoms with Crippen molar-refractivity contribution in [3.8, 4) is 0 Å².